The molecule has 1 amide bonds. The van der Waals surface area contributed by atoms with Crippen molar-refractivity contribution in [2.45, 2.75) is 25.8 Å². The molecule has 2 atom stereocenters. The smallest absolute Gasteiger partial charge is 0.290 e. The number of carbonyl (C=O) groups is 2. The zero-order chi connectivity index (χ0) is 11.0. The number of ketones is 1. The number of hydrogen-bond donors (Lipinski definition) is 0. The Balaban J connectivity index is 1.88. The van der Waals surface area contributed by atoms with Crippen LogP contribution in [0.4, 0.5) is 0 Å². The van der Waals surface area contributed by atoms with Crippen molar-refractivity contribution in [1.82, 2.24) is 9.80 Å². The van der Waals surface area contributed by atoms with E-state index in [1.807, 2.05) is 0 Å². The van der Waals surface area contributed by atoms with Crippen LogP contribution in [0.25, 0.3) is 0 Å². The van der Waals surface area contributed by atoms with Crippen molar-refractivity contribution in [3.63, 3.8) is 0 Å². The third-order valence-corrected chi connectivity index (χ3v) is 3.59. The second-order valence-corrected chi connectivity index (χ2v) is 4.81. The summed E-state index contributed by atoms with van der Waals surface area (Å²) in [5, 5.41) is 0. The fraction of sp³-hybridized carbons (Fsp3) is 0.818. The second-order valence-electron chi connectivity index (χ2n) is 4.81. The average molecular weight is 210 g/mol. The van der Waals surface area contributed by atoms with Crippen molar-refractivity contribution < 1.29 is 9.59 Å². The van der Waals surface area contributed by atoms with Crippen molar-refractivity contribution >= 4 is 11.7 Å². The molecule has 0 aromatic rings. The fourth-order valence-electron chi connectivity index (χ4n) is 2.56. The highest BCUT2D eigenvalue weighted by atomic mass is 16.2. The fourth-order valence-corrected chi connectivity index (χ4v) is 2.56. The molecule has 0 radical (unpaired) electrons. The maximum absolute atomic E-state index is 11.4. The highest BCUT2D eigenvalue weighted by molar-refractivity contribution is 6.37. The minimum Gasteiger partial charge on any atom is -0.335 e. The second kappa shape index (κ2) is 3.93. The lowest BCUT2D eigenvalue weighted by atomic mass is 10.1. The molecule has 2 unspecified atom stereocenters. The highest BCUT2D eigenvalue weighted by Gasteiger charge is 2.34. The van der Waals surface area contributed by atoms with Gasteiger partial charge in [0, 0.05) is 32.1 Å². The first-order chi connectivity index (χ1) is 7.08. The molecule has 4 nitrogen and oxygen atoms in total. The monoisotopic (exact) mass is 210 g/mol. The van der Waals surface area contributed by atoms with Gasteiger partial charge >= 0.3 is 0 Å². The molecule has 0 bridgehead atoms. The number of nitrogens with zero attached hydrogens (tertiary/aromatic N) is 2. The molecule has 0 saturated carbocycles. The van der Waals surface area contributed by atoms with E-state index >= 15 is 0 Å². The van der Waals surface area contributed by atoms with Crippen LogP contribution in [-0.2, 0) is 9.59 Å². The zero-order valence-corrected chi connectivity index (χ0v) is 9.40. The van der Waals surface area contributed by atoms with E-state index in [9.17, 15) is 9.59 Å². The van der Waals surface area contributed by atoms with E-state index in [1.165, 1.54) is 0 Å². The first kappa shape index (κ1) is 10.6. The molecule has 0 N–H and O–H groups in total. The summed E-state index contributed by atoms with van der Waals surface area (Å²) < 4.78 is 0. The van der Waals surface area contributed by atoms with Crippen LogP contribution in [0.2, 0.25) is 0 Å². The van der Waals surface area contributed by atoms with Crippen LogP contribution in [-0.4, -0.2) is 54.2 Å². The van der Waals surface area contributed by atoms with Crippen molar-refractivity contribution in [3.8, 4) is 0 Å². The predicted octanol–water partition coefficient (Wildman–Crippen LogP) is 0.128. The summed E-state index contributed by atoms with van der Waals surface area (Å²) in [7, 11) is 2.11. The number of carbonyl (C=O) groups excluding carboxylic acids is 2. The largest absolute Gasteiger partial charge is 0.335 e. The third kappa shape index (κ3) is 2.04. The maximum Gasteiger partial charge on any atom is 0.290 e. The summed E-state index contributed by atoms with van der Waals surface area (Å²) in [6.45, 7) is 4.64. The summed E-state index contributed by atoms with van der Waals surface area (Å²) in [5.41, 5.74) is 0. The first-order valence-corrected chi connectivity index (χ1v) is 5.60. The van der Waals surface area contributed by atoms with Gasteiger partial charge in [-0.15, -0.1) is 0 Å². The molecule has 2 saturated heterocycles. The van der Waals surface area contributed by atoms with Gasteiger partial charge in [0.1, 0.15) is 0 Å². The summed E-state index contributed by atoms with van der Waals surface area (Å²) in [4.78, 5) is 26.5. The Morgan fingerprint density at radius 2 is 2.13 bits per heavy atom. The van der Waals surface area contributed by atoms with Gasteiger partial charge in [-0.05, 0) is 26.3 Å². The Morgan fingerprint density at radius 3 is 2.60 bits per heavy atom. The number of likely N-dealkylation sites (tertiary alicyclic amines) is 2. The Hall–Kier alpha value is -0.900. The normalized spacial score (nSPS) is 33.1. The Morgan fingerprint density at radius 1 is 1.40 bits per heavy atom. The van der Waals surface area contributed by atoms with Crippen LogP contribution in [0.3, 0.4) is 0 Å². The standard InChI is InChI=1S/C11H18N2O2/c1-8-5-9(6-12(8)2)7-13-4-3-10(14)11(13)15/h8-9H,3-7H2,1-2H3. The van der Waals surface area contributed by atoms with E-state index in [-0.39, 0.29) is 11.7 Å². The molecule has 84 valence electrons. The number of Topliss-reactive ketones (excluding diaryl/α,β-unsaturated/α-hetero) is 1. The van der Waals surface area contributed by atoms with E-state index in [0.717, 1.165) is 19.5 Å². The van der Waals surface area contributed by atoms with Crippen molar-refractivity contribution in [2.24, 2.45) is 5.92 Å². The van der Waals surface area contributed by atoms with E-state index in [0.29, 0.717) is 24.9 Å². The van der Waals surface area contributed by atoms with E-state index < -0.39 is 0 Å². The molecular formula is C11H18N2O2. The molecule has 0 aromatic carbocycles. The minimum absolute atomic E-state index is 0.214. The van der Waals surface area contributed by atoms with Crippen LogP contribution < -0.4 is 0 Å². The Bertz CT molecular complexity index is 280. The van der Waals surface area contributed by atoms with Gasteiger partial charge in [-0.1, -0.05) is 0 Å². The van der Waals surface area contributed by atoms with Gasteiger partial charge < -0.3 is 9.80 Å². The molecular weight excluding hydrogens is 192 g/mol. The topological polar surface area (TPSA) is 40.6 Å². The lowest BCUT2D eigenvalue weighted by Gasteiger charge is -2.19. The molecule has 2 fully saturated rings. The van der Waals surface area contributed by atoms with Crippen molar-refractivity contribution in [1.29, 1.82) is 0 Å². The number of rotatable bonds is 2. The average Bonchev–Trinajstić information content (AvgIpc) is 2.65. The predicted molar refractivity (Wildman–Crippen MR) is 56.4 cm³/mol. The maximum atomic E-state index is 11.4. The van der Waals surface area contributed by atoms with E-state index in [1.54, 1.807) is 4.90 Å². The van der Waals surface area contributed by atoms with Gasteiger partial charge in [-0.2, -0.15) is 0 Å². The van der Waals surface area contributed by atoms with Gasteiger partial charge in [0.25, 0.3) is 5.91 Å². The van der Waals surface area contributed by atoms with Gasteiger partial charge in [-0.25, -0.2) is 0 Å². The van der Waals surface area contributed by atoms with Gasteiger partial charge in [0.2, 0.25) is 5.78 Å². The summed E-state index contributed by atoms with van der Waals surface area (Å²) >= 11 is 0. The molecule has 15 heavy (non-hydrogen) atoms. The van der Waals surface area contributed by atoms with E-state index in [4.69, 9.17) is 0 Å². The van der Waals surface area contributed by atoms with Crippen LogP contribution >= 0.6 is 0 Å². The Kier molecular flexibility index (Phi) is 2.78. The Labute approximate surface area is 90.2 Å². The van der Waals surface area contributed by atoms with Gasteiger partial charge in [0.15, 0.2) is 0 Å². The van der Waals surface area contributed by atoms with Crippen LogP contribution in [0.5, 0.6) is 0 Å². The quantitative estimate of drug-likeness (QED) is 0.608. The molecule has 2 aliphatic rings. The number of amides is 1. The molecule has 0 aromatic heterocycles. The van der Waals surface area contributed by atoms with Crippen LogP contribution in [0.15, 0.2) is 0 Å². The molecule has 0 aliphatic carbocycles. The summed E-state index contributed by atoms with van der Waals surface area (Å²) in [6.07, 6.45) is 1.55. The van der Waals surface area contributed by atoms with Crippen molar-refractivity contribution in [2.75, 3.05) is 26.7 Å². The molecule has 2 heterocycles. The van der Waals surface area contributed by atoms with Gasteiger partial charge in [0.05, 0.1) is 0 Å². The van der Waals surface area contributed by atoms with Crippen LogP contribution in [0.1, 0.15) is 19.8 Å². The lowest BCUT2D eigenvalue weighted by Crippen LogP contribution is -2.33. The summed E-state index contributed by atoms with van der Waals surface area (Å²) in [6, 6.07) is 0.600. The summed E-state index contributed by atoms with van der Waals surface area (Å²) in [5.74, 6) is 0.0615. The van der Waals surface area contributed by atoms with Crippen LogP contribution in [0, 0.1) is 5.92 Å². The molecule has 2 rings (SSSR count). The van der Waals surface area contributed by atoms with E-state index in [2.05, 4.69) is 18.9 Å². The minimum atomic E-state index is -0.266. The third-order valence-electron chi connectivity index (χ3n) is 3.59. The molecule has 4 heteroatoms. The molecule has 0 spiro atoms. The molecule has 2 aliphatic heterocycles. The highest BCUT2D eigenvalue weighted by Crippen LogP contribution is 2.23. The first-order valence-electron chi connectivity index (χ1n) is 5.60. The lowest BCUT2D eigenvalue weighted by molar-refractivity contribution is -0.140. The van der Waals surface area contributed by atoms with Crippen molar-refractivity contribution in [3.05, 3.63) is 0 Å². The zero-order valence-electron chi connectivity index (χ0n) is 9.40. The van der Waals surface area contributed by atoms with Gasteiger partial charge in [-0.3, -0.25) is 9.59 Å². The SMILES string of the molecule is CC1CC(CN2CCC(=O)C2=O)CN1C. The number of hydrogen-bond acceptors (Lipinski definition) is 3.